The fraction of sp³-hybridized carbons (Fsp3) is 0.647. The van der Waals surface area contributed by atoms with E-state index in [-0.39, 0.29) is 6.04 Å². The van der Waals surface area contributed by atoms with E-state index < -0.39 is 0 Å². The van der Waals surface area contributed by atoms with Gasteiger partial charge in [0.05, 0.1) is 24.9 Å². The fourth-order valence-corrected chi connectivity index (χ4v) is 4.17. The first-order chi connectivity index (χ1) is 11.9. The van der Waals surface area contributed by atoms with E-state index in [9.17, 15) is 0 Å². The molecule has 24 heavy (non-hydrogen) atoms. The summed E-state index contributed by atoms with van der Waals surface area (Å²) >= 11 is 1.72. The van der Waals surface area contributed by atoms with E-state index >= 15 is 0 Å². The van der Waals surface area contributed by atoms with Crippen molar-refractivity contribution in [3.63, 3.8) is 0 Å². The highest BCUT2D eigenvalue weighted by atomic mass is 32.1. The number of rotatable bonds is 6. The summed E-state index contributed by atoms with van der Waals surface area (Å²) < 4.78 is 13.6. The van der Waals surface area contributed by atoms with Gasteiger partial charge in [0.15, 0.2) is 0 Å². The first-order valence-corrected chi connectivity index (χ1v) is 9.55. The summed E-state index contributed by atoms with van der Waals surface area (Å²) in [4.78, 5) is 6.86. The number of hydrogen-bond donors (Lipinski definition) is 0. The van der Waals surface area contributed by atoms with Crippen LogP contribution in [-0.2, 0) is 22.6 Å². The van der Waals surface area contributed by atoms with E-state index in [1.165, 1.54) is 10.7 Å². The third-order valence-electron chi connectivity index (χ3n) is 4.80. The van der Waals surface area contributed by atoms with Crippen LogP contribution in [0.2, 0.25) is 0 Å². The van der Waals surface area contributed by atoms with Gasteiger partial charge in [-0.25, -0.2) is 4.98 Å². The van der Waals surface area contributed by atoms with Crippen LogP contribution in [0.25, 0.3) is 0 Å². The molecule has 7 heteroatoms. The van der Waals surface area contributed by atoms with E-state index in [0.29, 0.717) is 5.92 Å². The molecule has 0 aliphatic carbocycles. The zero-order valence-corrected chi connectivity index (χ0v) is 14.7. The minimum absolute atomic E-state index is 0.281. The summed E-state index contributed by atoms with van der Waals surface area (Å²) in [5, 5.41) is 7.72. The molecule has 2 aromatic heterocycles. The molecule has 0 radical (unpaired) electrons. The molecule has 2 aliphatic rings. The van der Waals surface area contributed by atoms with Crippen LogP contribution >= 0.6 is 11.3 Å². The molecule has 1 unspecified atom stereocenters. The quantitative estimate of drug-likeness (QED) is 0.802. The van der Waals surface area contributed by atoms with Crippen molar-refractivity contribution < 1.29 is 9.47 Å². The van der Waals surface area contributed by atoms with Crippen LogP contribution in [0.1, 0.15) is 29.6 Å². The summed E-state index contributed by atoms with van der Waals surface area (Å²) in [6, 6.07) is 2.39. The van der Waals surface area contributed by atoms with Gasteiger partial charge in [-0.15, -0.1) is 11.3 Å². The largest absolute Gasteiger partial charge is 0.381 e. The lowest BCUT2D eigenvalue weighted by Gasteiger charge is -2.33. The van der Waals surface area contributed by atoms with Crippen LogP contribution in [0.4, 0.5) is 0 Å². The van der Waals surface area contributed by atoms with Crippen LogP contribution < -0.4 is 0 Å². The lowest BCUT2D eigenvalue weighted by atomic mass is 10.0. The minimum Gasteiger partial charge on any atom is -0.381 e. The van der Waals surface area contributed by atoms with Crippen molar-refractivity contribution in [2.45, 2.75) is 32.0 Å². The molecule has 2 aliphatic heterocycles. The molecule has 0 amide bonds. The third-order valence-corrected chi connectivity index (χ3v) is 5.56. The molecule has 1 saturated heterocycles. The van der Waals surface area contributed by atoms with Crippen molar-refractivity contribution in [3.05, 3.63) is 34.5 Å². The van der Waals surface area contributed by atoms with Crippen LogP contribution in [0.15, 0.2) is 23.8 Å². The molecule has 6 nitrogen and oxygen atoms in total. The molecular weight excluding hydrogens is 324 g/mol. The molecule has 1 atom stereocenters. The van der Waals surface area contributed by atoms with Crippen LogP contribution in [0.5, 0.6) is 0 Å². The second-order valence-electron chi connectivity index (χ2n) is 6.61. The lowest BCUT2D eigenvalue weighted by Crippen LogP contribution is -2.39. The van der Waals surface area contributed by atoms with Gasteiger partial charge in [-0.05, 0) is 24.8 Å². The number of nitrogens with zero attached hydrogens (tertiary/aromatic N) is 4. The van der Waals surface area contributed by atoms with Crippen molar-refractivity contribution in [1.29, 1.82) is 0 Å². The molecule has 0 aromatic carbocycles. The molecule has 0 spiro atoms. The van der Waals surface area contributed by atoms with Crippen LogP contribution in [0.3, 0.4) is 0 Å². The van der Waals surface area contributed by atoms with Crippen molar-refractivity contribution in [2.75, 3.05) is 33.0 Å². The van der Waals surface area contributed by atoms with Gasteiger partial charge in [-0.3, -0.25) is 9.58 Å². The van der Waals surface area contributed by atoms with Crippen molar-refractivity contribution in [2.24, 2.45) is 5.92 Å². The number of ether oxygens (including phenoxy) is 2. The fourth-order valence-electron chi connectivity index (χ4n) is 3.51. The van der Waals surface area contributed by atoms with Gasteiger partial charge in [0, 0.05) is 50.7 Å². The highest BCUT2D eigenvalue weighted by Crippen LogP contribution is 2.23. The molecule has 1 fully saturated rings. The van der Waals surface area contributed by atoms with Gasteiger partial charge in [0.2, 0.25) is 0 Å². The maximum absolute atomic E-state index is 6.07. The molecule has 0 N–H and O–H groups in total. The van der Waals surface area contributed by atoms with Crippen LogP contribution in [0, 0.1) is 5.92 Å². The Balaban J connectivity index is 1.34. The Morgan fingerprint density at radius 3 is 3.00 bits per heavy atom. The van der Waals surface area contributed by atoms with Gasteiger partial charge < -0.3 is 9.47 Å². The predicted octanol–water partition coefficient (Wildman–Crippen LogP) is 2.34. The number of hydrogen-bond acceptors (Lipinski definition) is 6. The van der Waals surface area contributed by atoms with Gasteiger partial charge in [0.1, 0.15) is 5.01 Å². The Morgan fingerprint density at radius 2 is 2.17 bits per heavy atom. The Kier molecular flexibility index (Phi) is 5.22. The summed E-state index contributed by atoms with van der Waals surface area (Å²) in [6.45, 7) is 6.10. The van der Waals surface area contributed by atoms with E-state index in [0.717, 1.165) is 58.9 Å². The zero-order chi connectivity index (χ0) is 16.2. The summed E-state index contributed by atoms with van der Waals surface area (Å²) in [7, 11) is 0. The predicted molar refractivity (Wildman–Crippen MR) is 91.9 cm³/mol. The van der Waals surface area contributed by atoms with Crippen LogP contribution in [-0.4, -0.2) is 52.6 Å². The first kappa shape index (κ1) is 16.2. The molecule has 130 valence electrons. The van der Waals surface area contributed by atoms with Gasteiger partial charge >= 0.3 is 0 Å². The topological polar surface area (TPSA) is 52.4 Å². The second-order valence-corrected chi connectivity index (χ2v) is 7.59. The highest BCUT2D eigenvalue weighted by Gasteiger charge is 2.26. The van der Waals surface area contributed by atoms with E-state index in [1.54, 1.807) is 11.3 Å². The maximum Gasteiger partial charge on any atom is 0.107 e. The smallest absolute Gasteiger partial charge is 0.107 e. The molecule has 4 heterocycles. The third kappa shape index (κ3) is 3.85. The Bertz CT molecular complexity index is 624. The number of fused-ring (bicyclic) bond motifs is 1. The SMILES string of the molecule is c1csc(CN2Cc3ccnn3C(COCC3CCOCC3)C2)n1. The van der Waals surface area contributed by atoms with E-state index in [4.69, 9.17) is 9.47 Å². The average Bonchev–Trinajstić information content (AvgIpc) is 3.27. The first-order valence-electron chi connectivity index (χ1n) is 8.67. The minimum atomic E-state index is 0.281. The van der Waals surface area contributed by atoms with Crippen molar-refractivity contribution in [1.82, 2.24) is 19.7 Å². The van der Waals surface area contributed by atoms with E-state index in [2.05, 4.69) is 25.7 Å². The Hall–Kier alpha value is -1.28. The summed E-state index contributed by atoms with van der Waals surface area (Å²) in [5.41, 5.74) is 1.26. The van der Waals surface area contributed by atoms with E-state index in [1.807, 2.05) is 17.8 Å². The zero-order valence-electron chi connectivity index (χ0n) is 13.8. The normalized spacial score (nSPS) is 22.6. The molecule has 0 bridgehead atoms. The van der Waals surface area contributed by atoms with Crippen molar-refractivity contribution in [3.8, 4) is 0 Å². The molecule has 2 aromatic rings. The number of aromatic nitrogens is 3. The Morgan fingerprint density at radius 1 is 1.25 bits per heavy atom. The molecule has 4 rings (SSSR count). The average molecular weight is 348 g/mol. The lowest BCUT2D eigenvalue weighted by molar-refractivity contribution is 0.00334. The molecule has 0 saturated carbocycles. The summed E-state index contributed by atoms with van der Waals surface area (Å²) in [6.07, 6.45) is 6.01. The monoisotopic (exact) mass is 348 g/mol. The van der Waals surface area contributed by atoms with Gasteiger partial charge in [-0.2, -0.15) is 5.10 Å². The maximum atomic E-state index is 6.07. The second kappa shape index (κ2) is 7.74. The molecular formula is C17H24N4O2S. The highest BCUT2D eigenvalue weighted by molar-refractivity contribution is 7.09. The Labute approximate surface area is 146 Å². The van der Waals surface area contributed by atoms with Gasteiger partial charge in [-0.1, -0.05) is 0 Å². The van der Waals surface area contributed by atoms with Crippen molar-refractivity contribution >= 4 is 11.3 Å². The standard InChI is InChI=1S/C17H24N4O2S/c1-4-19-21-15(1)9-20(11-17-18-5-8-24-17)10-16(21)13-23-12-14-2-6-22-7-3-14/h1,4-5,8,14,16H,2-3,6-7,9-13H2. The number of thiazole rings is 1. The van der Waals surface area contributed by atoms with Gasteiger partial charge in [0.25, 0.3) is 0 Å². The summed E-state index contributed by atoms with van der Waals surface area (Å²) in [5.74, 6) is 0.644.